The quantitative estimate of drug-likeness (QED) is 0.163. The van der Waals surface area contributed by atoms with Gasteiger partial charge in [0, 0.05) is 17.1 Å². The minimum atomic E-state index is -0.533. The minimum absolute atomic E-state index is 0.213. The second-order valence-electron chi connectivity index (χ2n) is 9.49. The van der Waals surface area contributed by atoms with Crippen LogP contribution in [0.4, 0.5) is 11.6 Å². The van der Waals surface area contributed by atoms with Crippen LogP contribution in [-0.2, 0) is 4.79 Å². The van der Waals surface area contributed by atoms with Gasteiger partial charge in [-0.3, -0.25) is 4.79 Å². The zero-order valence-corrected chi connectivity index (χ0v) is 25.5. The minimum Gasteiger partial charge on any atom is -0.493 e. The number of allylic oxidation sites excluding steroid dienone is 1. The highest BCUT2D eigenvalue weighted by Crippen LogP contribution is 2.43. The average molecular weight is 615 g/mol. The fourth-order valence-electron chi connectivity index (χ4n) is 4.47. The Hall–Kier alpha value is -2.98. The summed E-state index contributed by atoms with van der Waals surface area (Å²) in [6, 6.07) is 11.1. The first-order chi connectivity index (χ1) is 18.9. The number of fused-ring (bicyclic) bond motifs is 1. The number of nitrogens with one attached hydrogen (secondary N) is 2. The number of rotatable bonds is 12. The zero-order chi connectivity index (χ0) is 27.9. The maximum atomic E-state index is 13.8. The Labute approximate surface area is 243 Å². The van der Waals surface area contributed by atoms with E-state index in [0.717, 1.165) is 52.7 Å². The van der Waals surface area contributed by atoms with Crippen molar-refractivity contribution >= 4 is 45.2 Å². The Balaban J connectivity index is 1.77. The zero-order valence-electron chi connectivity index (χ0n) is 23.1. The van der Waals surface area contributed by atoms with E-state index in [2.05, 4.69) is 40.4 Å². The molecule has 208 valence electrons. The third-order valence-electron chi connectivity index (χ3n) is 6.35. The second kappa shape index (κ2) is 13.4. The number of carbonyl (C=O) groups excluding carboxylic acids is 1. The first kappa shape index (κ1) is 29.0. The van der Waals surface area contributed by atoms with Crippen LogP contribution in [0.15, 0.2) is 57.3 Å². The van der Waals surface area contributed by atoms with Gasteiger partial charge in [0.25, 0.3) is 5.91 Å². The van der Waals surface area contributed by atoms with E-state index in [1.165, 1.54) is 0 Å². The summed E-state index contributed by atoms with van der Waals surface area (Å²) in [5.74, 6) is 2.53. The summed E-state index contributed by atoms with van der Waals surface area (Å²) in [5, 5.41) is 11.9. The molecule has 1 atom stereocenters. The number of anilines is 2. The molecule has 0 bridgehead atoms. The van der Waals surface area contributed by atoms with Gasteiger partial charge >= 0.3 is 0 Å². The van der Waals surface area contributed by atoms with Crippen LogP contribution in [0.2, 0.25) is 0 Å². The van der Waals surface area contributed by atoms with E-state index in [-0.39, 0.29) is 5.91 Å². The van der Waals surface area contributed by atoms with Gasteiger partial charge in [0.2, 0.25) is 11.1 Å². The topological polar surface area (TPSA) is 90.3 Å². The van der Waals surface area contributed by atoms with Gasteiger partial charge in [-0.2, -0.15) is 4.98 Å². The number of hydrogen-bond donors (Lipinski definition) is 2. The van der Waals surface area contributed by atoms with Crippen molar-refractivity contribution < 1.29 is 14.3 Å². The first-order valence-electron chi connectivity index (χ1n) is 13.3. The number of amides is 1. The fraction of sp³-hybridized carbons (Fsp3) is 0.414. The molecule has 0 fully saturated rings. The summed E-state index contributed by atoms with van der Waals surface area (Å²) in [6.07, 6.45) is 4.20. The highest BCUT2D eigenvalue weighted by molar-refractivity contribution is 9.10. The molecule has 4 rings (SSSR count). The van der Waals surface area contributed by atoms with Gasteiger partial charge in [0.05, 0.1) is 23.8 Å². The van der Waals surface area contributed by atoms with Crippen molar-refractivity contribution in [2.45, 2.75) is 64.6 Å². The number of carbonyl (C=O) groups is 1. The lowest BCUT2D eigenvalue weighted by Crippen LogP contribution is -2.31. The Morgan fingerprint density at radius 3 is 2.72 bits per heavy atom. The molecule has 1 aliphatic heterocycles. The maximum Gasteiger partial charge on any atom is 0.255 e. The lowest BCUT2D eigenvalue weighted by atomic mass is 9.94. The number of aryl methyl sites for hydroxylation is 1. The maximum absolute atomic E-state index is 13.8. The van der Waals surface area contributed by atoms with Crippen LogP contribution in [0.1, 0.15) is 63.6 Å². The van der Waals surface area contributed by atoms with Gasteiger partial charge in [-0.25, -0.2) is 4.68 Å². The van der Waals surface area contributed by atoms with Gasteiger partial charge in [0.1, 0.15) is 6.04 Å². The number of thioether (sulfide) groups is 1. The smallest absolute Gasteiger partial charge is 0.255 e. The summed E-state index contributed by atoms with van der Waals surface area (Å²) in [7, 11) is 1.62. The van der Waals surface area contributed by atoms with Gasteiger partial charge < -0.3 is 20.1 Å². The van der Waals surface area contributed by atoms with E-state index >= 15 is 0 Å². The van der Waals surface area contributed by atoms with E-state index in [4.69, 9.17) is 19.6 Å². The molecular weight excluding hydrogens is 578 g/mol. The van der Waals surface area contributed by atoms with Crippen molar-refractivity contribution in [2.24, 2.45) is 0 Å². The normalized spacial score (nSPS) is 14.6. The summed E-state index contributed by atoms with van der Waals surface area (Å²) in [5.41, 5.74) is 3.89. The summed E-state index contributed by atoms with van der Waals surface area (Å²) < 4.78 is 14.4. The Kier molecular flexibility index (Phi) is 9.96. The van der Waals surface area contributed by atoms with Gasteiger partial charge in [-0.15, -0.1) is 5.10 Å². The molecule has 10 heteroatoms. The molecule has 0 radical (unpaired) electrons. The SMILES string of the molecule is CCCCCOc1c(Br)cc(C2C(C(=O)Nc3cccc(C)c3)=C(C)Nc3nc(SCCC)nn32)cc1OC. The molecule has 0 spiro atoms. The molecule has 39 heavy (non-hydrogen) atoms. The number of methoxy groups -OCH3 is 1. The number of aromatic nitrogens is 3. The molecule has 0 saturated carbocycles. The van der Waals surface area contributed by atoms with Crippen LogP contribution in [0.25, 0.3) is 0 Å². The lowest BCUT2D eigenvalue weighted by molar-refractivity contribution is -0.113. The van der Waals surface area contributed by atoms with Crippen LogP contribution in [0.5, 0.6) is 11.5 Å². The summed E-state index contributed by atoms with van der Waals surface area (Å²) in [4.78, 5) is 18.5. The lowest BCUT2D eigenvalue weighted by Gasteiger charge is -2.29. The standard InChI is InChI=1S/C29H36BrN5O3S/c1-6-8-9-13-38-26-22(30)16-20(17-23(26)37-5)25-24(27(36)32-21-12-10-11-18(3)15-21)19(4)31-28-33-29(34-35(25)28)39-14-7-2/h10-12,15-17,25H,6-9,13-14H2,1-5H3,(H,32,36)(H,31,33,34). The monoisotopic (exact) mass is 613 g/mol. The average Bonchev–Trinajstić information content (AvgIpc) is 3.31. The Bertz CT molecular complexity index is 1360. The van der Waals surface area contributed by atoms with Crippen LogP contribution in [0, 0.1) is 6.92 Å². The molecular formula is C29H36BrN5O3S. The van der Waals surface area contributed by atoms with Crippen LogP contribution < -0.4 is 20.1 Å². The van der Waals surface area contributed by atoms with Crippen LogP contribution >= 0.6 is 27.7 Å². The molecule has 1 aliphatic rings. The molecule has 2 aromatic carbocycles. The van der Waals surface area contributed by atoms with Crippen molar-refractivity contribution in [1.29, 1.82) is 0 Å². The van der Waals surface area contributed by atoms with Gasteiger partial charge in [-0.05, 0) is 78.0 Å². The van der Waals surface area contributed by atoms with E-state index < -0.39 is 6.04 Å². The van der Waals surface area contributed by atoms with Crippen molar-refractivity contribution in [3.05, 3.63) is 63.3 Å². The van der Waals surface area contributed by atoms with Crippen molar-refractivity contribution in [3.63, 3.8) is 0 Å². The molecule has 8 nitrogen and oxygen atoms in total. The molecule has 1 amide bonds. The van der Waals surface area contributed by atoms with Crippen molar-refractivity contribution in [3.8, 4) is 11.5 Å². The third-order valence-corrected chi connectivity index (χ3v) is 7.98. The molecule has 1 unspecified atom stereocenters. The molecule has 0 aliphatic carbocycles. The highest BCUT2D eigenvalue weighted by Gasteiger charge is 2.35. The van der Waals surface area contributed by atoms with Gasteiger partial charge in [0.15, 0.2) is 11.5 Å². The molecule has 0 saturated heterocycles. The number of halogens is 1. The third kappa shape index (κ3) is 6.78. The van der Waals surface area contributed by atoms with Crippen molar-refractivity contribution in [2.75, 3.05) is 30.1 Å². The first-order valence-corrected chi connectivity index (χ1v) is 15.1. The number of hydrogen-bond acceptors (Lipinski definition) is 7. The Morgan fingerprint density at radius 1 is 1.18 bits per heavy atom. The predicted molar refractivity (Wildman–Crippen MR) is 161 cm³/mol. The second-order valence-corrected chi connectivity index (χ2v) is 11.4. The molecule has 1 aromatic heterocycles. The van der Waals surface area contributed by atoms with E-state index in [1.54, 1.807) is 23.6 Å². The van der Waals surface area contributed by atoms with Gasteiger partial charge in [-0.1, -0.05) is 50.6 Å². The molecule has 2 heterocycles. The number of unbranched alkanes of at least 4 members (excludes halogenated alkanes) is 2. The molecule has 2 N–H and O–H groups in total. The Morgan fingerprint density at radius 2 is 2.00 bits per heavy atom. The predicted octanol–water partition coefficient (Wildman–Crippen LogP) is 7.36. The van der Waals surface area contributed by atoms with Crippen LogP contribution in [-0.4, -0.2) is 40.1 Å². The van der Waals surface area contributed by atoms with E-state index in [9.17, 15) is 4.79 Å². The fourth-order valence-corrected chi connectivity index (χ4v) is 5.73. The van der Waals surface area contributed by atoms with E-state index in [1.807, 2.05) is 50.2 Å². The number of ether oxygens (including phenoxy) is 2. The van der Waals surface area contributed by atoms with E-state index in [0.29, 0.717) is 40.5 Å². The van der Waals surface area contributed by atoms with Crippen LogP contribution in [0.3, 0.4) is 0 Å². The largest absolute Gasteiger partial charge is 0.493 e. The highest BCUT2D eigenvalue weighted by atomic mass is 79.9. The summed E-state index contributed by atoms with van der Waals surface area (Å²) >= 11 is 5.30. The van der Waals surface area contributed by atoms with Crippen molar-refractivity contribution in [1.82, 2.24) is 14.8 Å². The number of benzene rings is 2. The number of nitrogens with zero attached hydrogens (tertiary/aromatic N) is 3. The summed E-state index contributed by atoms with van der Waals surface area (Å²) in [6.45, 7) is 8.78. The molecule has 3 aromatic rings.